The first kappa shape index (κ1) is 9.83. The van der Waals surface area contributed by atoms with Gasteiger partial charge in [0.2, 0.25) is 0 Å². The maximum Gasteiger partial charge on any atom is 0.0275 e. The molecule has 1 N–H and O–H groups in total. The Bertz CT molecular complexity index is 320. The van der Waals surface area contributed by atoms with Crippen LogP contribution in [0.15, 0.2) is 18.2 Å². The van der Waals surface area contributed by atoms with Gasteiger partial charge in [-0.1, -0.05) is 25.0 Å². The molecule has 68 valence electrons. The number of benzene rings is 1. The fourth-order valence-electron chi connectivity index (χ4n) is 1.20. The van der Waals surface area contributed by atoms with Crippen LogP contribution in [0.2, 0.25) is 0 Å². The van der Waals surface area contributed by atoms with E-state index in [0.717, 1.165) is 18.7 Å². The summed E-state index contributed by atoms with van der Waals surface area (Å²) in [5, 5.41) is 3.27. The summed E-state index contributed by atoms with van der Waals surface area (Å²) in [6.45, 7) is 6.01. The average Bonchev–Trinajstić information content (AvgIpc) is 2.16. The molecule has 1 aromatic rings. The zero-order chi connectivity index (χ0) is 9.68. The fourth-order valence-corrected chi connectivity index (χ4v) is 1.20. The first-order valence-electron chi connectivity index (χ1n) is 4.54. The van der Waals surface area contributed by atoms with Crippen molar-refractivity contribution in [1.29, 1.82) is 0 Å². The van der Waals surface area contributed by atoms with Gasteiger partial charge in [-0.15, -0.1) is 6.42 Å². The molecule has 13 heavy (non-hydrogen) atoms. The molecule has 0 saturated carbocycles. The van der Waals surface area contributed by atoms with Crippen LogP contribution in [-0.4, -0.2) is 6.54 Å². The lowest BCUT2D eigenvalue weighted by Gasteiger charge is -2.04. The van der Waals surface area contributed by atoms with Gasteiger partial charge in [0.1, 0.15) is 0 Å². The molecule has 0 amide bonds. The average molecular weight is 173 g/mol. The number of hydrogen-bond acceptors (Lipinski definition) is 1. The molecule has 1 heteroatoms. The lowest BCUT2D eigenvalue weighted by atomic mass is 10.1. The summed E-state index contributed by atoms with van der Waals surface area (Å²) in [5.74, 6) is 2.68. The highest BCUT2D eigenvalue weighted by molar-refractivity contribution is 5.41. The zero-order valence-corrected chi connectivity index (χ0v) is 8.22. The van der Waals surface area contributed by atoms with Crippen LogP contribution < -0.4 is 5.32 Å². The first-order chi connectivity index (χ1) is 6.27. The Morgan fingerprint density at radius 3 is 2.85 bits per heavy atom. The maximum absolute atomic E-state index is 5.38. The van der Waals surface area contributed by atoms with Crippen molar-refractivity contribution in [2.24, 2.45) is 0 Å². The van der Waals surface area contributed by atoms with E-state index in [1.807, 2.05) is 6.92 Å². The molecule has 1 rings (SSSR count). The molecule has 0 bridgehead atoms. The molecule has 0 atom stereocenters. The second kappa shape index (κ2) is 4.69. The molecule has 0 unspecified atom stereocenters. The van der Waals surface area contributed by atoms with Crippen LogP contribution in [0.25, 0.3) is 0 Å². The van der Waals surface area contributed by atoms with Gasteiger partial charge >= 0.3 is 0 Å². The minimum atomic E-state index is 0.894. The summed E-state index contributed by atoms with van der Waals surface area (Å²) in [5.41, 5.74) is 3.42. The zero-order valence-electron chi connectivity index (χ0n) is 8.22. The predicted molar refractivity (Wildman–Crippen MR) is 56.5 cm³/mol. The van der Waals surface area contributed by atoms with E-state index in [1.165, 1.54) is 11.1 Å². The van der Waals surface area contributed by atoms with Crippen molar-refractivity contribution in [3.8, 4) is 12.3 Å². The lowest BCUT2D eigenvalue weighted by Crippen LogP contribution is -2.11. The van der Waals surface area contributed by atoms with E-state index in [9.17, 15) is 0 Å². The molecule has 0 radical (unpaired) electrons. The van der Waals surface area contributed by atoms with Crippen molar-refractivity contribution in [1.82, 2.24) is 5.32 Å². The normalized spacial score (nSPS) is 9.62. The third-order valence-corrected chi connectivity index (χ3v) is 2.04. The van der Waals surface area contributed by atoms with Crippen molar-refractivity contribution in [2.45, 2.75) is 20.4 Å². The van der Waals surface area contributed by atoms with Crippen LogP contribution in [0.4, 0.5) is 0 Å². The Kier molecular flexibility index (Phi) is 3.54. The Hall–Kier alpha value is -1.26. The number of terminal acetylenes is 1. The second-order valence-electron chi connectivity index (χ2n) is 3.07. The summed E-state index contributed by atoms with van der Waals surface area (Å²) >= 11 is 0. The van der Waals surface area contributed by atoms with Gasteiger partial charge < -0.3 is 5.32 Å². The van der Waals surface area contributed by atoms with E-state index >= 15 is 0 Å². The number of aryl methyl sites for hydroxylation is 1. The van der Waals surface area contributed by atoms with Gasteiger partial charge in [0.25, 0.3) is 0 Å². The van der Waals surface area contributed by atoms with Gasteiger partial charge in [-0.05, 0) is 30.7 Å². The Morgan fingerprint density at radius 1 is 1.46 bits per heavy atom. The topological polar surface area (TPSA) is 12.0 Å². The minimum absolute atomic E-state index is 0.894. The molecule has 0 aliphatic heterocycles. The van der Waals surface area contributed by atoms with Crippen LogP contribution in [0.5, 0.6) is 0 Å². The van der Waals surface area contributed by atoms with Crippen molar-refractivity contribution >= 4 is 0 Å². The van der Waals surface area contributed by atoms with Crippen molar-refractivity contribution in [2.75, 3.05) is 6.54 Å². The molecule has 0 saturated heterocycles. The van der Waals surface area contributed by atoms with Gasteiger partial charge in [0.15, 0.2) is 0 Å². The molecule has 0 spiro atoms. The summed E-state index contributed by atoms with van der Waals surface area (Å²) in [7, 11) is 0. The fraction of sp³-hybridized carbons (Fsp3) is 0.333. The summed E-state index contributed by atoms with van der Waals surface area (Å²) in [6, 6.07) is 6.25. The van der Waals surface area contributed by atoms with Crippen molar-refractivity contribution < 1.29 is 0 Å². The van der Waals surface area contributed by atoms with E-state index in [1.54, 1.807) is 0 Å². The van der Waals surface area contributed by atoms with Gasteiger partial charge in [-0.2, -0.15) is 0 Å². The Balaban J connectivity index is 2.82. The monoisotopic (exact) mass is 173 g/mol. The van der Waals surface area contributed by atoms with E-state index in [2.05, 4.69) is 36.4 Å². The van der Waals surface area contributed by atoms with Crippen LogP contribution in [0, 0.1) is 19.3 Å². The van der Waals surface area contributed by atoms with E-state index < -0.39 is 0 Å². The number of hydrogen-bond donors (Lipinski definition) is 1. The molecule has 1 nitrogen and oxygen atoms in total. The SMILES string of the molecule is C#Cc1cc(CNCC)ccc1C. The molecule has 0 aliphatic rings. The van der Waals surface area contributed by atoms with E-state index in [0.29, 0.717) is 0 Å². The number of nitrogens with one attached hydrogen (secondary N) is 1. The first-order valence-corrected chi connectivity index (χ1v) is 4.54. The van der Waals surface area contributed by atoms with Crippen LogP contribution in [-0.2, 0) is 6.54 Å². The second-order valence-corrected chi connectivity index (χ2v) is 3.07. The van der Waals surface area contributed by atoms with Crippen LogP contribution >= 0.6 is 0 Å². The highest BCUT2D eigenvalue weighted by Gasteiger charge is 1.96. The van der Waals surface area contributed by atoms with Crippen LogP contribution in [0.3, 0.4) is 0 Å². The molecular weight excluding hydrogens is 158 g/mol. The third-order valence-electron chi connectivity index (χ3n) is 2.04. The standard InChI is InChI=1S/C12H15N/c1-4-12-8-11(9-13-5-2)7-6-10(12)3/h1,6-8,13H,5,9H2,2-3H3. The van der Waals surface area contributed by atoms with Gasteiger partial charge in [0.05, 0.1) is 0 Å². The summed E-state index contributed by atoms with van der Waals surface area (Å²) in [6.07, 6.45) is 5.38. The molecule has 0 aliphatic carbocycles. The van der Waals surface area contributed by atoms with Gasteiger partial charge in [-0.25, -0.2) is 0 Å². The molecule has 0 fully saturated rings. The largest absolute Gasteiger partial charge is 0.313 e. The Labute approximate surface area is 80.2 Å². The lowest BCUT2D eigenvalue weighted by molar-refractivity contribution is 0.726. The maximum atomic E-state index is 5.38. The summed E-state index contributed by atoms with van der Waals surface area (Å²) < 4.78 is 0. The Morgan fingerprint density at radius 2 is 2.23 bits per heavy atom. The van der Waals surface area contributed by atoms with E-state index in [4.69, 9.17) is 6.42 Å². The predicted octanol–water partition coefficient (Wildman–Crippen LogP) is 2.09. The van der Waals surface area contributed by atoms with E-state index in [-0.39, 0.29) is 0 Å². The van der Waals surface area contributed by atoms with Crippen LogP contribution in [0.1, 0.15) is 23.6 Å². The quantitative estimate of drug-likeness (QED) is 0.690. The molecule has 0 aromatic heterocycles. The molecular formula is C12H15N. The minimum Gasteiger partial charge on any atom is -0.313 e. The highest BCUT2D eigenvalue weighted by Crippen LogP contribution is 2.09. The molecule has 1 aromatic carbocycles. The van der Waals surface area contributed by atoms with Crippen molar-refractivity contribution in [3.63, 3.8) is 0 Å². The highest BCUT2D eigenvalue weighted by atomic mass is 14.8. The summed E-state index contributed by atoms with van der Waals surface area (Å²) in [4.78, 5) is 0. The van der Waals surface area contributed by atoms with Gasteiger partial charge in [-0.3, -0.25) is 0 Å². The molecule has 0 heterocycles. The number of rotatable bonds is 3. The van der Waals surface area contributed by atoms with Crippen molar-refractivity contribution in [3.05, 3.63) is 34.9 Å². The third kappa shape index (κ3) is 2.61. The van der Waals surface area contributed by atoms with Gasteiger partial charge in [0, 0.05) is 12.1 Å². The smallest absolute Gasteiger partial charge is 0.0275 e.